The summed E-state index contributed by atoms with van der Waals surface area (Å²) in [6.45, 7) is 1.65. The lowest BCUT2D eigenvalue weighted by molar-refractivity contribution is -0.274. The van der Waals surface area contributed by atoms with Crippen LogP contribution in [0.2, 0.25) is 0 Å². The van der Waals surface area contributed by atoms with E-state index in [0.717, 1.165) is 0 Å². The highest BCUT2D eigenvalue weighted by atomic mass is 19.4. The van der Waals surface area contributed by atoms with Gasteiger partial charge >= 0.3 is 6.36 Å². The lowest BCUT2D eigenvalue weighted by Crippen LogP contribution is -2.19. The normalized spacial score (nSPS) is 11.6. The maximum atomic E-state index is 12.1. The molecule has 0 radical (unpaired) electrons. The monoisotopic (exact) mass is 274 g/mol. The quantitative estimate of drug-likeness (QED) is 0.828. The number of halogens is 3. The fraction of sp³-hybridized carbons (Fsp3) is 0.250. The van der Waals surface area contributed by atoms with E-state index in [1.165, 1.54) is 19.1 Å². The standard InChI is InChI=1S/C12H13F3N2O2/c1-8(18)17-6-2-3-9-4-5-10(16)11(7-9)19-12(13,14)15/h2-5,7H,6,16H2,1H3,(H,17,18). The highest BCUT2D eigenvalue weighted by Crippen LogP contribution is 2.29. The van der Waals surface area contributed by atoms with Crippen LogP contribution in [0.25, 0.3) is 6.08 Å². The number of carbonyl (C=O) groups excluding carboxylic acids is 1. The molecule has 0 aromatic heterocycles. The molecule has 0 unspecified atom stereocenters. The van der Waals surface area contributed by atoms with Crippen molar-refractivity contribution in [2.45, 2.75) is 13.3 Å². The van der Waals surface area contributed by atoms with Gasteiger partial charge < -0.3 is 15.8 Å². The van der Waals surface area contributed by atoms with Gasteiger partial charge in [0.25, 0.3) is 0 Å². The predicted molar refractivity (Wildman–Crippen MR) is 65.3 cm³/mol. The molecule has 4 nitrogen and oxygen atoms in total. The van der Waals surface area contributed by atoms with Gasteiger partial charge in [0.15, 0.2) is 5.75 Å². The Balaban J connectivity index is 2.76. The zero-order chi connectivity index (χ0) is 14.5. The third-order valence-corrected chi connectivity index (χ3v) is 2.04. The van der Waals surface area contributed by atoms with E-state index in [1.807, 2.05) is 0 Å². The molecule has 0 saturated carbocycles. The van der Waals surface area contributed by atoms with Gasteiger partial charge in [-0.2, -0.15) is 0 Å². The van der Waals surface area contributed by atoms with Crippen molar-refractivity contribution in [1.29, 1.82) is 0 Å². The van der Waals surface area contributed by atoms with Crippen LogP contribution in [0.5, 0.6) is 5.75 Å². The van der Waals surface area contributed by atoms with Gasteiger partial charge in [0, 0.05) is 13.5 Å². The third kappa shape index (κ3) is 5.80. The molecule has 0 aliphatic heterocycles. The first-order valence-corrected chi connectivity index (χ1v) is 5.34. The molecule has 0 aliphatic carbocycles. The summed E-state index contributed by atoms with van der Waals surface area (Å²) in [7, 11) is 0. The molecule has 0 saturated heterocycles. The number of nitrogen functional groups attached to an aromatic ring is 1. The largest absolute Gasteiger partial charge is 0.573 e. The van der Waals surface area contributed by atoms with Crippen LogP contribution < -0.4 is 15.8 Å². The Hall–Kier alpha value is -2.18. The van der Waals surface area contributed by atoms with Crippen LogP contribution in [0, 0.1) is 0 Å². The number of hydrogen-bond acceptors (Lipinski definition) is 3. The Labute approximate surface area is 108 Å². The number of hydrogen-bond donors (Lipinski definition) is 2. The van der Waals surface area contributed by atoms with E-state index in [-0.39, 0.29) is 18.1 Å². The topological polar surface area (TPSA) is 64.4 Å². The highest BCUT2D eigenvalue weighted by Gasteiger charge is 2.31. The average Bonchev–Trinajstić information content (AvgIpc) is 2.26. The van der Waals surface area contributed by atoms with Crippen molar-refractivity contribution in [2.75, 3.05) is 12.3 Å². The Morgan fingerprint density at radius 2 is 2.16 bits per heavy atom. The van der Waals surface area contributed by atoms with Gasteiger partial charge in [0.1, 0.15) is 0 Å². The van der Waals surface area contributed by atoms with E-state index in [4.69, 9.17) is 5.73 Å². The van der Waals surface area contributed by atoms with Crippen molar-refractivity contribution in [3.63, 3.8) is 0 Å². The predicted octanol–water partition coefficient (Wildman–Crippen LogP) is 2.32. The van der Waals surface area contributed by atoms with Crippen LogP contribution in [0.1, 0.15) is 12.5 Å². The van der Waals surface area contributed by atoms with Crippen molar-refractivity contribution < 1.29 is 22.7 Å². The average molecular weight is 274 g/mol. The molecule has 0 spiro atoms. The zero-order valence-electron chi connectivity index (χ0n) is 10.1. The molecule has 1 aromatic rings. The van der Waals surface area contributed by atoms with E-state index in [9.17, 15) is 18.0 Å². The number of benzene rings is 1. The van der Waals surface area contributed by atoms with E-state index >= 15 is 0 Å². The number of nitrogens with two attached hydrogens (primary N) is 1. The van der Waals surface area contributed by atoms with Gasteiger partial charge in [-0.25, -0.2) is 0 Å². The maximum Gasteiger partial charge on any atom is 0.573 e. The number of anilines is 1. The Morgan fingerprint density at radius 3 is 2.74 bits per heavy atom. The highest BCUT2D eigenvalue weighted by molar-refractivity contribution is 5.73. The molecule has 1 rings (SSSR count). The first-order valence-electron chi connectivity index (χ1n) is 5.34. The number of carbonyl (C=O) groups is 1. The summed E-state index contributed by atoms with van der Waals surface area (Å²) in [6.07, 6.45) is -1.63. The molecule has 0 fully saturated rings. The van der Waals surface area contributed by atoms with Crippen LogP contribution >= 0.6 is 0 Å². The summed E-state index contributed by atoms with van der Waals surface area (Å²) in [5.41, 5.74) is 5.77. The lowest BCUT2D eigenvalue weighted by Gasteiger charge is -2.11. The van der Waals surface area contributed by atoms with Crippen molar-refractivity contribution >= 4 is 17.7 Å². The summed E-state index contributed by atoms with van der Waals surface area (Å²) in [6, 6.07) is 4.04. The van der Waals surface area contributed by atoms with E-state index < -0.39 is 12.1 Å². The van der Waals surface area contributed by atoms with Gasteiger partial charge in [-0.3, -0.25) is 4.79 Å². The first kappa shape index (κ1) is 14.9. The Bertz CT molecular complexity index is 484. The van der Waals surface area contributed by atoms with Crippen LogP contribution in [-0.2, 0) is 4.79 Å². The smallest absolute Gasteiger partial charge is 0.404 e. The van der Waals surface area contributed by atoms with Crippen LogP contribution in [0.15, 0.2) is 24.3 Å². The molecule has 3 N–H and O–H groups in total. The minimum atomic E-state index is -4.79. The molecule has 1 amide bonds. The van der Waals surface area contributed by atoms with Gasteiger partial charge in [0.2, 0.25) is 5.91 Å². The molecule has 0 bridgehead atoms. The van der Waals surface area contributed by atoms with Crippen LogP contribution in [0.4, 0.5) is 18.9 Å². The van der Waals surface area contributed by atoms with E-state index in [2.05, 4.69) is 10.1 Å². The first-order chi connectivity index (χ1) is 8.78. The number of ether oxygens (including phenoxy) is 1. The maximum absolute atomic E-state index is 12.1. The minimum absolute atomic E-state index is 0.101. The third-order valence-electron chi connectivity index (χ3n) is 2.04. The second kappa shape index (κ2) is 6.12. The molecule has 0 atom stereocenters. The minimum Gasteiger partial charge on any atom is -0.404 e. The Kier molecular flexibility index (Phi) is 4.80. The van der Waals surface area contributed by atoms with E-state index in [0.29, 0.717) is 5.56 Å². The number of alkyl halides is 3. The van der Waals surface area contributed by atoms with Gasteiger partial charge in [-0.1, -0.05) is 18.2 Å². The lowest BCUT2D eigenvalue weighted by atomic mass is 10.2. The summed E-state index contributed by atoms with van der Waals surface area (Å²) in [4.78, 5) is 10.6. The molecule has 19 heavy (non-hydrogen) atoms. The van der Waals surface area contributed by atoms with Gasteiger partial charge in [-0.05, 0) is 17.7 Å². The molecule has 0 heterocycles. The number of nitrogens with one attached hydrogen (secondary N) is 1. The second-order valence-electron chi connectivity index (χ2n) is 3.68. The second-order valence-corrected chi connectivity index (χ2v) is 3.68. The van der Waals surface area contributed by atoms with Crippen molar-refractivity contribution in [1.82, 2.24) is 5.32 Å². The summed E-state index contributed by atoms with van der Waals surface area (Å²) < 4.78 is 40.1. The molecule has 1 aromatic carbocycles. The fourth-order valence-corrected chi connectivity index (χ4v) is 1.27. The molecule has 104 valence electrons. The van der Waals surface area contributed by atoms with E-state index in [1.54, 1.807) is 18.2 Å². The molecule has 7 heteroatoms. The summed E-state index contributed by atoms with van der Waals surface area (Å²) in [5, 5.41) is 2.52. The number of amides is 1. The summed E-state index contributed by atoms with van der Waals surface area (Å²) in [5.74, 6) is -0.641. The number of rotatable bonds is 4. The molecular formula is C12H13F3N2O2. The fourth-order valence-electron chi connectivity index (χ4n) is 1.27. The van der Waals surface area contributed by atoms with Crippen LogP contribution in [-0.4, -0.2) is 18.8 Å². The van der Waals surface area contributed by atoms with Crippen molar-refractivity contribution in [3.8, 4) is 5.75 Å². The van der Waals surface area contributed by atoms with Crippen LogP contribution in [0.3, 0.4) is 0 Å². The zero-order valence-corrected chi connectivity index (χ0v) is 10.1. The Morgan fingerprint density at radius 1 is 1.47 bits per heavy atom. The van der Waals surface area contributed by atoms with Gasteiger partial charge in [0.05, 0.1) is 5.69 Å². The van der Waals surface area contributed by atoms with Crippen molar-refractivity contribution in [3.05, 3.63) is 29.8 Å². The molecular weight excluding hydrogens is 261 g/mol. The SMILES string of the molecule is CC(=O)NCC=Cc1ccc(N)c(OC(F)(F)F)c1. The molecule has 0 aliphatic rings. The van der Waals surface area contributed by atoms with Crippen molar-refractivity contribution in [2.24, 2.45) is 0 Å². The van der Waals surface area contributed by atoms with Gasteiger partial charge in [-0.15, -0.1) is 13.2 Å². The summed E-state index contributed by atoms with van der Waals surface area (Å²) >= 11 is 0.